The quantitative estimate of drug-likeness (QED) is 0.306. The third-order valence-electron chi connectivity index (χ3n) is 9.54. The minimum absolute atomic E-state index is 0.229. The molecule has 1 saturated carbocycles. The van der Waals surface area contributed by atoms with Gasteiger partial charge in [0.05, 0.1) is 16.7 Å². The number of anilines is 1. The first-order valence-electron chi connectivity index (χ1n) is 14.1. The zero-order chi connectivity index (χ0) is 26.7. The van der Waals surface area contributed by atoms with Crippen molar-refractivity contribution in [2.24, 2.45) is 5.41 Å². The molecule has 1 atom stereocenters. The number of nitrogens with zero attached hydrogens (tertiary/aromatic N) is 5. The molecule has 0 radical (unpaired) electrons. The summed E-state index contributed by atoms with van der Waals surface area (Å²) in [5.74, 6) is 0.266. The molecule has 204 valence electrons. The van der Waals surface area contributed by atoms with Crippen LogP contribution >= 0.6 is 11.6 Å². The summed E-state index contributed by atoms with van der Waals surface area (Å²) >= 11 is 6.89. The number of likely N-dealkylation sites (tertiary alicyclic amines) is 1. The Morgan fingerprint density at radius 1 is 1.08 bits per heavy atom. The molecule has 0 unspecified atom stereocenters. The van der Waals surface area contributed by atoms with E-state index in [2.05, 4.69) is 32.0 Å². The predicted molar refractivity (Wildman–Crippen MR) is 153 cm³/mol. The van der Waals surface area contributed by atoms with E-state index in [0.29, 0.717) is 34.0 Å². The number of hydrogen-bond acceptors (Lipinski definition) is 6. The molecule has 1 N–H and O–H groups in total. The Morgan fingerprint density at radius 2 is 1.90 bits per heavy atom. The molecular weight excluding hydrogens is 515 g/mol. The summed E-state index contributed by atoms with van der Waals surface area (Å²) in [6, 6.07) is 6.29. The van der Waals surface area contributed by atoms with Crippen LogP contribution in [0.5, 0.6) is 6.01 Å². The lowest BCUT2D eigenvalue weighted by Crippen LogP contribution is -2.44. The van der Waals surface area contributed by atoms with Crippen LogP contribution in [0.4, 0.5) is 10.2 Å². The Kier molecular flexibility index (Phi) is 6.16. The number of halogens is 2. The number of H-pyrrole nitrogens is 1. The normalized spacial score (nSPS) is 21.2. The van der Waals surface area contributed by atoms with Gasteiger partial charge in [-0.15, -0.1) is 0 Å². The number of piperidine rings is 1. The van der Waals surface area contributed by atoms with E-state index in [1.807, 2.05) is 25.1 Å². The fourth-order valence-electron chi connectivity index (χ4n) is 6.88. The van der Waals surface area contributed by atoms with Crippen LogP contribution < -0.4 is 9.64 Å². The topological polar surface area (TPSA) is 70.2 Å². The second-order valence-corrected chi connectivity index (χ2v) is 12.2. The van der Waals surface area contributed by atoms with Crippen LogP contribution in [0.3, 0.4) is 0 Å². The van der Waals surface area contributed by atoms with Crippen molar-refractivity contribution in [1.29, 1.82) is 0 Å². The summed E-state index contributed by atoms with van der Waals surface area (Å²) in [6.07, 6.45) is 10.2. The van der Waals surface area contributed by atoms with E-state index in [9.17, 15) is 0 Å². The summed E-state index contributed by atoms with van der Waals surface area (Å²) in [7, 11) is 2.12. The molecule has 2 saturated heterocycles. The van der Waals surface area contributed by atoms with Crippen LogP contribution in [-0.4, -0.2) is 64.4 Å². The highest BCUT2D eigenvalue weighted by Gasteiger charge is 2.40. The van der Waals surface area contributed by atoms with Crippen LogP contribution in [0, 0.1) is 18.2 Å². The lowest BCUT2D eigenvalue weighted by atomic mass is 9.63. The van der Waals surface area contributed by atoms with Gasteiger partial charge >= 0.3 is 6.01 Å². The maximum Gasteiger partial charge on any atom is 0.319 e. The van der Waals surface area contributed by atoms with Gasteiger partial charge < -0.3 is 14.5 Å². The zero-order valence-electron chi connectivity index (χ0n) is 22.6. The molecule has 2 aromatic carbocycles. The monoisotopic (exact) mass is 548 g/mol. The molecule has 9 heteroatoms. The van der Waals surface area contributed by atoms with Gasteiger partial charge in [-0.2, -0.15) is 15.1 Å². The van der Waals surface area contributed by atoms with Crippen LogP contribution in [0.1, 0.15) is 50.5 Å². The van der Waals surface area contributed by atoms with Gasteiger partial charge in [0, 0.05) is 41.0 Å². The van der Waals surface area contributed by atoms with Crippen LogP contribution in [0.25, 0.3) is 32.9 Å². The van der Waals surface area contributed by atoms with Gasteiger partial charge in [0.15, 0.2) is 5.82 Å². The molecule has 2 aromatic heterocycles. The van der Waals surface area contributed by atoms with Crippen molar-refractivity contribution < 1.29 is 9.13 Å². The van der Waals surface area contributed by atoms with E-state index < -0.39 is 5.82 Å². The second kappa shape index (κ2) is 9.59. The Bertz CT molecular complexity index is 1560. The molecule has 7 rings (SSSR count). The molecule has 4 heterocycles. The van der Waals surface area contributed by atoms with Gasteiger partial charge in [0.25, 0.3) is 0 Å². The highest BCUT2D eigenvalue weighted by Crippen LogP contribution is 2.50. The lowest BCUT2D eigenvalue weighted by molar-refractivity contribution is 0.0953. The van der Waals surface area contributed by atoms with E-state index >= 15 is 4.39 Å². The van der Waals surface area contributed by atoms with E-state index in [0.717, 1.165) is 73.2 Å². The first-order valence-corrected chi connectivity index (χ1v) is 14.5. The van der Waals surface area contributed by atoms with Gasteiger partial charge in [0.2, 0.25) is 0 Å². The molecule has 3 aliphatic rings. The van der Waals surface area contributed by atoms with Crippen molar-refractivity contribution >= 4 is 39.2 Å². The third kappa shape index (κ3) is 4.23. The largest absolute Gasteiger partial charge is 0.462 e. The third-order valence-corrected chi connectivity index (χ3v) is 9.84. The summed E-state index contributed by atoms with van der Waals surface area (Å²) in [6.45, 7) is 5.29. The fourth-order valence-corrected chi connectivity index (χ4v) is 7.17. The first-order chi connectivity index (χ1) is 18.9. The maximum absolute atomic E-state index is 16.7. The van der Waals surface area contributed by atoms with Crippen molar-refractivity contribution in [1.82, 2.24) is 25.1 Å². The Morgan fingerprint density at radius 3 is 2.62 bits per heavy atom. The van der Waals surface area contributed by atoms with Crippen LogP contribution in [0.2, 0.25) is 5.02 Å². The minimum atomic E-state index is -0.451. The molecule has 1 spiro atoms. The summed E-state index contributed by atoms with van der Waals surface area (Å²) in [5, 5.41) is 8.97. The average molecular weight is 549 g/mol. The highest BCUT2D eigenvalue weighted by molar-refractivity contribution is 6.35. The molecular formula is C30H34ClFN6O. The highest BCUT2D eigenvalue weighted by atomic mass is 35.5. The summed E-state index contributed by atoms with van der Waals surface area (Å²) in [4.78, 5) is 14.1. The molecule has 1 aliphatic carbocycles. The number of rotatable bonds is 5. The Balaban J connectivity index is 1.35. The van der Waals surface area contributed by atoms with Crippen molar-refractivity contribution in [2.75, 3.05) is 38.2 Å². The number of ether oxygens (including phenoxy) is 1. The van der Waals surface area contributed by atoms with Crippen molar-refractivity contribution in [3.63, 3.8) is 0 Å². The zero-order valence-corrected chi connectivity index (χ0v) is 23.3. The number of hydrogen-bond donors (Lipinski definition) is 1. The fraction of sp³-hybridized carbons (Fsp3) is 0.500. The van der Waals surface area contributed by atoms with Gasteiger partial charge in [0.1, 0.15) is 17.9 Å². The van der Waals surface area contributed by atoms with Gasteiger partial charge in [-0.1, -0.05) is 24.1 Å². The van der Waals surface area contributed by atoms with Gasteiger partial charge in [-0.25, -0.2) is 4.39 Å². The SMILES string of the molecule is Cc1ccc2[nH]ncc2c1-c1c(Cl)cc2c(N3CCC4(CCC4)CC3)nc(OC[C@@H]3CCCN3C)nc2c1F. The average Bonchev–Trinajstić information content (AvgIpc) is 3.56. The number of aromatic nitrogens is 4. The van der Waals surface area contributed by atoms with Gasteiger partial charge in [-0.05, 0) is 82.2 Å². The first kappa shape index (κ1) is 25.0. The van der Waals surface area contributed by atoms with Crippen molar-refractivity contribution in [2.45, 2.75) is 57.9 Å². The van der Waals surface area contributed by atoms with E-state index in [-0.39, 0.29) is 11.5 Å². The smallest absolute Gasteiger partial charge is 0.319 e. The molecule has 0 bridgehead atoms. The minimum Gasteiger partial charge on any atom is -0.462 e. The van der Waals surface area contributed by atoms with Crippen LogP contribution in [0.15, 0.2) is 24.4 Å². The van der Waals surface area contributed by atoms with E-state index in [1.165, 1.54) is 19.3 Å². The number of nitrogens with one attached hydrogen (secondary N) is 1. The molecule has 7 nitrogen and oxygen atoms in total. The Labute approximate surface area is 232 Å². The number of benzene rings is 2. The molecule has 2 aliphatic heterocycles. The van der Waals surface area contributed by atoms with Crippen LogP contribution in [-0.2, 0) is 0 Å². The second-order valence-electron chi connectivity index (χ2n) is 11.8. The van der Waals surface area contributed by atoms with Crippen molar-refractivity contribution in [3.05, 3.63) is 40.8 Å². The molecule has 39 heavy (non-hydrogen) atoms. The van der Waals surface area contributed by atoms with E-state index in [4.69, 9.17) is 21.3 Å². The maximum atomic E-state index is 16.7. The number of fused-ring (bicyclic) bond motifs is 2. The number of aromatic amines is 1. The predicted octanol–water partition coefficient (Wildman–Crippen LogP) is 6.52. The molecule has 0 amide bonds. The standard InChI is InChI=1S/C30H34ClFN6O/c1-18-6-7-23-21(16-33-36-23)24(18)25-22(31)15-20-27(26(25)32)34-29(39-17-19-5-3-12-37(19)2)35-28(20)38-13-10-30(11-14-38)8-4-9-30/h6-7,15-16,19H,3-5,8-14,17H2,1-2H3,(H,33,36)/t19-/m0/s1. The molecule has 4 aromatic rings. The Hall–Kier alpha value is -2.97. The molecule has 3 fully saturated rings. The number of aryl methyl sites for hydroxylation is 1. The van der Waals surface area contributed by atoms with Gasteiger partial charge in [-0.3, -0.25) is 5.10 Å². The lowest BCUT2D eigenvalue weighted by Gasteiger charge is -2.48. The summed E-state index contributed by atoms with van der Waals surface area (Å²) in [5.41, 5.74) is 3.55. The number of likely N-dealkylation sites (N-methyl/N-ethyl adjacent to an activating group) is 1. The van der Waals surface area contributed by atoms with Crippen molar-refractivity contribution in [3.8, 4) is 17.1 Å². The summed E-state index contributed by atoms with van der Waals surface area (Å²) < 4.78 is 22.8. The van der Waals surface area contributed by atoms with E-state index in [1.54, 1.807) is 6.20 Å².